The Kier molecular flexibility index (Phi) is 4.91. The van der Waals surface area contributed by atoms with E-state index in [0.717, 1.165) is 35.9 Å². The molecule has 1 atom stereocenters. The molecule has 0 aliphatic carbocycles. The SMILES string of the molecule is CC[C@@H]1c2nncn2-c2cnc(-c3cn[nH]c3-c3ccc(C(F)(F)F)cc3)nc2N1C(C)C. The second-order valence-electron chi connectivity index (χ2n) is 8.12. The summed E-state index contributed by atoms with van der Waals surface area (Å²) < 4.78 is 40.8. The topological polar surface area (TPSA) is 88.4 Å². The Morgan fingerprint density at radius 3 is 2.55 bits per heavy atom. The average Bonchev–Trinajstić information content (AvgIpc) is 3.47. The first kappa shape index (κ1) is 21.1. The lowest BCUT2D eigenvalue weighted by molar-refractivity contribution is -0.137. The summed E-state index contributed by atoms with van der Waals surface area (Å²) in [5.41, 5.74) is 1.78. The third kappa shape index (κ3) is 3.43. The minimum Gasteiger partial charge on any atom is -0.342 e. The summed E-state index contributed by atoms with van der Waals surface area (Å²) in [7, 11) is 0. The van der Waals surface area contributed by atoms with Crippen LogP contribution in [0.1, 0.15) is 44.6 Å². The molecule has 4 aromatic rings. The minimum atomic E-state index is -4.39. The van der Waals surface area contributed by atoms with E-state index in [2.05, 4.69) is 51.0 Å². The molecular formula is C22H21F3N8. The van der Waals surface area contributed by atoms with Crippen LogP contribution in [-0.2, 0) is 6.18 Å². The predicted octanol–water partition coefficient (Wildman–Crippen LogP) is 4.81. The normalized spacial score (nSPS) is 15.6. The molecule has 0 fully saturated rings. The lowest BCUT2D eigenvalue weighted by atomic mass is 10.0. The summed E-state index contributed by atoms with van der Waals surface area (Å²) in [6.07, 6.45) is 1.38. The molecule has 1 aromatic carbocycles. The first-order valence-corrected chi connectivity index (χ1v) is 10.6. The van der Waals surface area contributed by atoms with E-state index in [0.29, 0.717) is 22.6 Å². The van der Waals surface area contributed by atoms with Gasteiger partial charge in [-0.1, -0.05) is 19.1 Å². The Balaban J connectivity index is 1.60. The van der Waals surface area contributed by atoms with Crippen molar-refractivity contribution in [1.29, 1.82) is 0 Å². The Hall–Kier alpha value is -3.76. The molecule has 1 N–H and O–H groups in total. The van der Waals surface area contributed by atoms with Gasteiger partial charge in [0.2, 0.25) is 0 Å². The highest BCUT2D eigenvalue weighted by Crippen LogP contribution is 2.40. The number of nitrogens with one attached hydrogen (secondary N) is 1. The van der Waals surface area contributed by atoms with E-state index in [-0.39, 0.29) is 12.1 Å². The van der Waals surface area contributed by atoms with Crippen LogP contribution >= 0.6 is 0 Å². The largest absolute Gasteiger partial charge is 0.416 e. The van der Waals surface area contributed by atoms with Crippen LogP contribution in [0.3, 0.4) is 0 Å². The number of fused-ring (bicyclic) bond motifs is 3. The number of aromatic nitrogens is 7. The molecule has 33 heavy (non-hydrogen) atoms. The Labute approximate surface area is 187 Å². The standard InChI is InChI=1S/C22H21F3N8/c1-4-16-21-31-28-11-32(21)17-10-26-19(29-20(17)33(16)12(2)3)15-9-27-30-18(15)13-5-7-14(8-6-13)22(23,24)25/h5-12,16H,4H2,1-3H3,(H,27,30)/t16-/m1/s1. The van der Waals surface area contributed by atoms with E-state index in [1.807, 2.05) is 4.57 Å². The fourth-order valence-electron chi connectivity index (χ4n) is 4.27. The van der Waals surface area contributed by atoms with Gasteiger partial charge >= 0.3 is 6.18 Å². The molecular weight excluding hydrogens is 433 g/mol. The van der Waals surface area contributed by atoms with Gasteiger partial charge in [-0.25, -0.2) is 9.97 Å². The molecule has 4 heterocycles. The van der Waals surface area contributed by atoms with Gasteiger partial charge in [-0.2, -0.15) is 18.3 Å². The van der Waals surface area contributed by atoms with Gasteiger partial charge in [0.15, 0.2) is 17.5 Å². The maximum atomic E-state index is 13.0. The van der Waals surface area contributed by atoms with Crippen molar-refractivity contribution in [3.05, 3.63) is 54.4 Å². The zero-order valence-electron chi connectivity index (χ0n) is 18.2. The van der Waals surface area contributed by atoms with E-state index >= 15 is 0 Å². The zero-order valence-corrected chi connectivity index (χ0v) is 18.2. The molecule has 11 heteroatoms. The molecule has 5 rings (SSSR count). The lowest BCUT2D eigenvalue weighted by Gasteiger charge is -2.39. The van der Waals surface area contributed by atoms with E-state index in [9.17, 15) is 13.2 Å². The first-order chi connectivity index (χ1) is 15.8. The molecule has 1 aliphatic heterocycles. The van der Waals surface area contributed by atoms with Crippen molar-refractivity contribution in [2.45, 2.75) is 45.5 Å². The number of alkyl halides is 3. The first-order valence-electron chi connectivity index (χ1n) is 10.6. The van der Waals surface area contributed by atoms with Crippen LogP contribution < -0.4 is 4.90 Å². The molecule has 0 unspecified atom stereocenters. The van der Waals surface area contributed by atoms with Crippen LogP contribution in [-0.4, -0.2) is 41.0 Å². The number of nitrogens with zero attached hydrogens (tertiary/aromatic N) is 7. The average molecular weight is 454 g/mol. The molecule has 0 bridgehead atoms. The highest BCUT2D eigenvalue weighted by molar-refractivity contribution is 5.78. The van der Waals surface area contributed by atoms with Gasteiger partial charge in [0, 0.05) is 11.6 Å². The third-order valence-corrected chi connectivity index (χ3v) is 5.79. The molecule has 8 nitrogen and oxygen atoms in total. The number of hydrogen-bond acceptors (Lipinski definition) is 6. The number of aromatic amines is 1. The summed E-state index contributed by atoms with van der Waals surface area (Å²) in [5, 5.41) is 15.4. The third-order valence-electron chi connectivity index (χ3n) is 5.79. The van der Waals surface area contributed by atoms with Gasteiger partial charge in [-0.3, -0.25) is 9.67 Å². The maximum absolute atomic E-state index is 13.0. The van der Waals surface area contributed by atoms with Crippen molar-refractivity contribution >= 4 is 5.82 Å². The summed E-state index contributed by atoms with van der Waals surface area (Å²) in [6.45, 7) is 6.27. The zero-order chi connectivity index (χ0) is 23.3. The van der Waals surface area contributed by atoms with Crippen LogP contribution in [0.2, 0.25) is 0 Å². The predicted molar refractivity (Wildman–Crippen MR) is 116 cm³/mol. The van der Waals surface area contributed by atoms with Crippen molar-refractivity contribution in [2.75, 3.05) is 4.90 Å². The number of rotatable bonds is 4. The smallest absolute Gasteiger partial charge is 0.342 e. The minimum absolute atomic E-state index is 0.00137. The van der Waals surface area contributed by atoms with E-state index in [1.54, 1.807) is 18.7 Å². The van der Waals surface area contributed by atoms with Crippen LogP contribution in [0.25, 0.3) is 28.3 Å². The van der Waals surface area contributed by atoms with Crippen LogP contribution in [0.5, 0.6) is 0 Å². The van der Waals surface area contributed by atoms with Crippen molar-refractivity contribution in [2.24, 2.45) is 0 Å². The molecule has 0 spiro atoms. The number of halogens is 3. The Morgan fingerprint density at radius 1 is 1.12 bits per heavy atom. The summed E-state index contributed by atoms with van der Waals surface area (Å²) >= 11 is 0. The molecule has 170 valence electrons. The fourth-order valence-corrected chi connectivity index (χ4v) is 4.27. The second kappa shape index (κ2) is 7.68. The van der Waals surface area contributed by atoms with Crippen LogP contribution in [0.4, 0.5) is 19.0 Å². The quantitative estimate of drug-likeness (QED) is 0.476. The van der Waals surface area contributed by atoms with Crippen LogP contribution in [0.15, 0.2) is 43.0 Å². The molecule has 1 aliphatic rings. The van der Waals surface area contributed by atoms with Crippen molar-refractivity contribution in [1.82, 2.24) is 34.9 Å². The van der Waals surface area contributed by atoms with Crippen LogP contribution in [0, 0.1) is 0 Å². The summed E-state index contributed by atoms with van der Waals surface area (Å²) in [5.74, 6) is 2.01. The van der Waals surface area contributed by atoms with Gasteiger partial charge in [0.1, 0.15) is 12.0 Å². The Morgan fingerprint density at radius 2 is 1.88 bits per heavy atom. The van der Waals surface area contributed by atoms with Crippen molar-refractivity contribution in [3.8, 4) is 28.3 Å². The van der Waals surface area contributed by atoms with Gasteiger partial charge in [-0.05, 0) is 32.4 Å². The maximum Gasteiger partial charge on any atom is 0.416 e. The van der Waals surface area contributed by atoms with Gasteiger partial charge in [-0.15, -0.1) is 10.2 Å². The van der Waals surface area contributed by atoms with Crippen molar-refractivity contribution in [3.63, 3.8) is 0 Å². The highest BCUT2D eigenvalue weighted by atomic mass is 19.4. The number of hydrogen-bond donors (Lipinski definition) is 1. The van der Waals surface area contributed by atoms with Gasteiger partial charge in [0.05, 0.1) is 35.3 Å². The van der Waals surface area contributed by atoms with E-state index in [1.165, 1.54) is 12.1 Å². The molecule has 0 saturated carbocycles. The number of H-pyrrole nitrogens is 1. The fraction of sp³-hybridized carbons (Fsp3) is 0.318. The van der Waals surface area contributed by atoms with E-state index in [4.69, 9.17) is 4.98 Å². The monoisotopic (exact) mass is 454 g/mol. The van der Waals surface area contributed by atoms with Crippen molar-refractivity contribution < 1.29 is 13.2 Å². The molecule has 0 radical (unpaired) electrons. The highest BCUT2D eigenvalue weighted by Gasteiger charge is 2.35. The summed E-state index contributed by atoms with van der Waals surface area (Å²) in [6, 6.07) is 5.06. The molecule has 3 aromatic heterocycles. The number of benzene rings is 1. The van der Waals surface area contributed by atoms with Gasteiger partial charge < -0.3 is 4.90 Å². The molecule has 0 saturated heterocycles. The summed E-state index contributed by atoms with van der Waals surface area (Å²) in [4.78, 5) is 11.6. The van der Waals surface area contributed by atoms with Gasteiger partial charge in [0.25, 0.3) is 0 Å². The lowest BCUT2D eigenvalue weighted by Crippen LogP contribution is -2.40. The number of anilines is 1. The molecule has 0 amide bonds. The Bertz CT molecular complexity index is 1290. The second-order valence-corrected chi connectivity index (χ2v) is 8.12. The van der Waals surface area contributed by atoms with E-state index < -0.39 is 11.7 Å².